The van der Waals surface area contributed by atoms with Crippen molar-refractivity contribution in [1.29, 1.82) is 5.26 Å². The predicted octanol–water partition coefficient (Wildman–Crippen LogP) is 3.52. The molecule has 106 valence electrons. The molecule has 1 N–H and O–H groups in total. The van der Waals surface area contributed by atoms with Crippen molar-refractivity contribution in [2.24, 2.45) is 0 Å². The van der Waals surface area contributed by atoms with Crippen LogP contribution in [0.5, 0.6) is 0 Å². The molecular formula is C15H12BrN3O2. The third-order valence-corrected chi connectivity index (χ3v) is 3.90. The standard InChI is InChI=1S/C15H12BrN3O2/c16-15-13(2-1-3-14(15)19(20)21)10-18-9-12-6-4-11(8-17)5-7-12/h1-7,18H,9-10H2. The number of nitrogens with zero attached hydrogens (tertiary/aromatic N) is 2. The normalized spacial score (nSPS) is 10.1. The second-order valence-electron chi connectivity index (χ2n) is 4.42. The van der Waals surface area contributed by atoms with Crippen LogP contribution in [0.25, 0.3) is 0 Å². The summed E-state index contributed by atoms with van der Waals surface area (Å²) in [7, 11) is 0. The Labute approximate surface area is 130 Å². The van der Waals surface area contributed by atoms with Gasteiger partial charge in [0.1, 0.15) is 0 Å². The molecule has 2 aromatic carbocycles. The molecule has 0 radical (unpaired) electrons. The van der Waals surface area contributed by atoms with Gasteiger partial charge in [0.2, 0.25) is 0 Å². The number of benzene rings is 2. The zero-order chi connectivity index (χ0) is 15.2. The van der Waals surface area contributed by atoms with E-state index in [1.54, 1.807) is 18.2 Å². The Kier molecular flexibility index (Phi) is 5.04. The average Bonchev–Trinajstić information content (AvgIpc) is 2.49. The number of nitro benzene ring substituents is 1. The smallest absolute Gasteiger partial charge is 0.283 e. The fourth-order valence-corrected chi connectivity index (χ4v) is 2.43. The van der Waals surface area contributed by atoms with Gasteiger partial charge in [-0.25, -0.2) is 0 Å². The van der Waals surface area contributed by atoms with Crippen molar-refractivity contribution >= 4 is 21.6 Å². The van der Waals surface area contributed by atoms with Crippen molar-refractivity contribution in [3.8, 4) is 6.07 Å². The first-order valence-electron chi connectivity index (χ1n) is 6.23. The Morgan fingerprint density at radius 3 is 2.52 bits per heavy atom. The molecule has 2 aromatic rings. The van der Waals surface area contributed by atoms with Gasteiger partial charge in [0.05, 0.1) is 21.0 Å². The molecule has 21 heavy (non-hydrogen) atoms. The highest BCUT2D eigenvalue weighted by molar-refractivity contribution is 9.10. The SMILES string of the molecule is N#Cc1ccc(CNCc2cccc([N+](=O)[O-])c2Br)cc1. The van der Waals surface area contributed by atoms with Crippen molar-refractivity contribution in [1.82, 2.24) is 5.32 Å². The maximum atomic E-state index is 10.9. The summed E-state index contributed by atoms with van der Waals surface area (Å²) in [6.45, 7) is 1.14. The van der Waals surface area contributed by atoms with Crippen LogP contribution in [0.15, 0.2) is 46.9 Å². The van der Waals surface area contributed by atoms with E-state index in [1.165, 1.54) is 6.07 Å². The lowest BCUT2D eigenvalue weighted by Gasteiger charge is -2.07. The largest absolute Gasteiger partial charge is 0.309 e. The van der Waals surface area contributed by atoms with E-state index in [1.807, 2.05) is 18.2 Å². The number of nitriles is 1. The van der Waals surface area contributed by atoms with Crippen LogP contribution < -0.4 is 5.32 Å². The van der Waals surface area contributed by atoms with Gasteiger partial charge in [0.15, 0.2) is 0 Å². The van der Waals surface area contributed by atoms with Gasteiger partial charge in [-0.15, -0.1) is 0 Å². The lowest BCUT2D eigenvalue weighted by atomic mass is 10.1. The van der Waals surface area contributed by atoms with Gasteiger partial charge in [-0.2, -0.15) is 5.26 Å². The second-order valence-corrected chi connectivity index (χ2v) is 5.21. The third-order valence-electron chi connectivity index (χ3n) is 2.98. The number of nitrogens with one attached hydrogen (secondary N) is 1. The molecule has 0 spiro atoms. The molecule has 0 saturated carbocycles. The van der Waals surface area contributed by atoms with Gasteiger partial charge >= 0.3 is 0 Å². The molecule has 0 amide bonds. The monoisotopic (exact) mass is 345 g/mol. The van der Waals surface area contributed by atoms with E-state index in [2.05, 4.69) is 27.3 Å². The number of nitro groups is 1. The van der Waals surface area contributed by atoms with Gasteiger partial charge in [-0.1, -0.05) is 24.3 Å². The Morgan fingerprint density at radius 2 is 1.90 bits per heavy atom. The zero-order valence-corrected chi connectivity index (χ0v) is 12.6. The molecule has 0 aromatic heterocycles. The van der Waals surface area contributed by atoms with Crippen molar-refractivity contribution in [3.63, 3.8) is 0 Å². The molecule has 0 aliphatic heterocycles. The highest BCUT2D eigenvalue weighted by atomic mass is 79.9. The Hall–Kier alpha value is -2.23. The summed E-state index contributed by atoms with van der Waals surface area (Å²) in [5.74, 6) is 0. The number of halogens is 1. The summed E-state index contributed by atoms with van der Waals surface area (Å²) in [5, 5.41) is 22.8. The van der Waals surface area contributed by atoms with Crippen molar-refractivity contribution in [2.45, 2.75) is 13.1 Å². The van der Waals surface area contributed by atoms with Crippen LogP contribution in [0, 0.1) is 21.4 Å². The van der Waals surface area contributed by atoms with Crippen molar-refractivity contribution in [3.05, 3.63) is 73.7 Å². The Bertz CT molecular complexity index is 693. The molecule has 2 rings (SSSR count). The van der Waals surface area contributed by atoms with E-state index in [0.29, 0.717) is 23.1 Å². The average molecular weight is 346 g/mol. The first-order valence-corrected chi connectivity index (χ1v) is 7.02. The first kappa shape index (κ1) is 15.2. The molecule has 0 aliphatic carbocycles. The minimum atomic E-state index is -0.409. The number of hydrogen-bond acceptors (Lipinski definition) is 4. The van der Waals surface area contributed by atoms with E-state index in [-0.39, 0.29) is 5.69 Å². The van der Waals surface area contributed by atoms with Gasteiger partial charge in [-0.3, -0.25) is 10.1 Å². The van der Waals surface area contributed by atoms with E-state index in [4.69, 9.17) is 5.26 Å². The van der Waals surface area contributed by atoms with Gasteiger partial charge in [-0.05, 0) is 39.2 Å². The molecule has 0 fully saturated rings. The number of rotatable bonds is 5. The predicted molar refractivity (Wildman–Crippen MR) is 82.5 cm³/mol. The van der Waals surface area contributed by atoms with E-state index < -0.39 is 4.92 Å². The first-order chi connectivity index (χ1) is 10.1. The van der Waals surface area contributed by atoms with Gasteiger partial charge < -0.3 is 5.32 Å². The molecule has 0 atom stereocenters. The van der Waals surface area contributed by atoms with Crippen LogP contribution >= 0.6 is 15.9 Å². The summed E-state index contributed by atoms with van der Waals surface area (Å²) in [4.78, 5) is 10.4. The molecule has 0 unspecified atom stereocenters. The Balaban J connectivity index is 1.99. The molecule has 0 bridgehead atoms. The summed E-state index contributed by atoms with van der Waals surface area (Å²) in [5.41, 5.74) is 2.57. The van der Waals surface area contributed by atoms with Crippen LogP contribution in [0.3, 0.4) is 0 Å². The molecular weight excluding hydrogens is 334 g/mol. The highest BCUT2D eigenvalue weighted by Crippen LogP contribution is 2.28. The summed E-state index contributed by atoms with van der Waals surface area (Å²) < 4.78 is 0.502. The fourth-order valence-electron chi connectivity index (χ4n) is 1.88. The molecule has 0 aliphatic rings. The van der Waals surface area contributed by atoms with Crippen molar-refractivity contribution in [2.75, 3.05) is 0 Å². The van der Waals surface area contributed by atoms with Gasteiger partial charge in [0, 0.05) is 19.2 Å². The maximum Gasteiger partial charge on any atom is 0.283 e. The maximum absolute atomic E-state index is 10.9. The molecule has 5 nitrogen and oxygen atoms in total. The molecule has 0 saturated heterocycles. The third kappa shape index (κ3) is 3.88. The van der Waals surface area contributed by atoms with Gasteiger partial charge in [0.25, 0.3) is 5.69 Å². The fraction of sp³-hybridized carbons (Fsp3) is 0.133. The highest BCUT2D eigenvalue weighted by Gasteiger charge is 2.14. The zero-order valence-electron chi connectivity index (χ0n) is 11.0. The van der Waals surface area contributed by atoms with Crippen LogP contribution in [0.4, 0.5) is 5.69 Å². The quantitative estimate of drug-likeness (QED) is 0.664. The topological polar surface area (TPSA) is 79.0 Å². The van der Waals surface area contributed by atoms with Crippen LogP contribution in [0.2, 0.25) is 0 Å². The van der Waals surface area contributed by atoms with E-state index in [9.17, 15) is 10.1 Å². The molecule has 6 heteroatoms. The minimum Gasteiger partial charge on any atom is -0.309 e. The van der Waals surface area contributed by atoms with E-state index >= 15 is 0 Å². The lowest BCUT2D eigenvalue weighted by molar-refractivity contribution is -0.385. The number of hydrogen-bond donors (Lipinski definition) is 1. The van der Waals surface area contributed by atoms with Crippen LogP contribution in [0.1, 0.15) is 16.7 Å². The van der Waals surface area contributed by atoms with Crippen LogP contribution in [-0.2, 0) is 13.1 Å². The minimum absolute atomic E-state index is 0.0627. The lowest BCUT2D eigenvalue weighted by Crippen LogP contribution is -2.13. The second kappa shape index (κ2) is 6.97. The summed E-state index contributed by atoms with van der Waals surface area (Å²) in [6, 6.07) is 14.3. The summed E-state index contributed by atoms with van der Waals surface area (Å²) in [6.07, 6.45) is 0. The molecule has 0 heterocycles. The summed E-state index contributed by atoms with van der Waals surface area (Å²) >= 11 is 3.27. The van der Waals surface area contributed by atoms with Crippen LogP contribution in [-0.4, -0.2) is 4.92 Å². The van der Waals surface area contributed by atoms with Crippen molar-refractivity contribution < 1.29 is 4.92 Å². The Morgan fingerprint density at radius 1 is 1.19 bits per heavy atom. The van der Waals surface area contributed by atoms with E-state index in [0.717, 1.165) is 11.1 Å².